The highest BCUT2D eigenvalue weighted by Gasteiger charge is 2.57. The van der Waals surface area contributed by atoms with E-state index in [1.807, 2.05) is 17.5 Å². The van der Waals surface area contributed by atoms with Gasteiger partial charge >= 0.3 is 4.87 Å². The topological polar surface area (TPSA) is 88.5 Å². The first-order valence-electron chi connectivity index (χ1n) is 11.4. The predicted octanol–water partition coefficient (Wildman–Crippen LogP) is 5.71. The van der Waals surface area contributed by atoms with Crippen LogP contribution in [0.5, 0.6) is 0 Å². The molecule has 2 aliphatic rings. The van der Waals surface area contributed by atoms with Crippen LogP contribution < -0.4 is 15.1 Å². The average Bonchev–Trinajstić information content (AvgIpc) is 3.59. The SMILES string of the molecule is O=C(Cn1c2c(sc1=O)[C@@H](c1cccs1)[C@@H]1C(=O)N(c3ccc(Cl)cc3)C(=O)[C@@H]1S2)Nc1ccc(Cl)cc1. The van der Waals surface area contributed by atoms with Gasteiger partial charge in [0.15, 0.2) is 0 Å². The number of fused-ring (bicyclic) bond motifs is 2. The molecular formula is C26H17Cl2N3O4S3. The van der Waals surface area contributed by atoms with Gasteiger partial charge in [0.1, 0.15) is 11.8 Å². The van der Waals surface area contributed by atoms with E-state index in [9.17, 15) is 19.2 Å². The standard InChI is InChI=1S/C26H17Cl2N3O4S3/c27-13-3-7-15(8-4-13)29-18(32)12-30-25-22(38-26(30)35)19(17-2-1-11-36-17)20-21(37-25)24(34)31(23(20)33)16-9-5-14(28)6-10-16/h1-11,19-21H,12H2,(H,29,32)/t19-,20-,21+/m0/s1. The summed E-state index contributed by atoms with van der Waals surface area (Å²) in [4.78, 5) is 55.9. The fraction of sp³-hybridized carbons (Fsp3) is 0.154. The lowest BCUT2D eigenvalue weighted by Crippen LogP contribution is -2.32. The minimum absolute atomic E-state index is 0.224. The number of hydrogen-bond acceptors (Lipinski definition) is 7. The Kier molecular flexibility index (Phi) is 6.69. The zero-order chi connectivity index (χ0) is 26.6. The van der Waals surface area contributed by atoms with E-state index in [0.29, 0.717) is 31.3 Å². The van der Waals surface area contributed by atoms with E-state index in [2.05, 4.69) is 5.32 Å². The summed E-state index contributed by atoms with van der Waals surface area (Å²) >= 11 is 15.6. The molecule has 3 atom stereocenters. The summed E-state index contributed by atoms with van der Waals surface area (Å²) < 4.78 is 1.40. The van der Waals surface area contributed by atoms with Gasteiger partial charge < -0.3 is 5.32 Å². The van der Waals surface area contributed by atoms with Crippen molar-refractivity contribution < 1.29 is 14.4 Å². The largest absolute Gasteiger partial charge is 0.325 e. The third-order valence-electron chi connectivity index (χ3n) is 6.41. The number of thiazole rings is 1. The van der Waals surface area contributed by atoms with Crippen LogP contribution in [-0.4, -0.2) is 27.5 Å². The molecule has 1 fully saturated rings. The first-order chi connectivity index (χ1) is 18.3. The van der Waals surface area contributed by atoms with Gasteiger partial charge in [0.05, 0.1) is 16.6 Å². The fourth-order valence-corrected chi connectivity index (χ4v) is 8.73. The second-order valence-corrected chi connectivity index (χ2v) is 12.7. The van der Waals surface area contributed by atoms with Crippen molar-refractivity contribution in [2.45, 2.75) is 22.7 Å². The first-order valence-corrected chi connectivity index (χ1v) is 14.8. The van der Waals surface area contributed by atoms with Gasteiger partial charge in [-0.15, -0.1) is 11.3 Å². The number of hydrogen-bond donors (Lipinski definition) is 1. The van der Waals surface area contributed by atoms with Gasteiger partial charge in [-0.2, -0.15) is 0 Å². The highest BCUT2D eigenvalue weighted by molar-refractivity contribution is 8.00. The van der Waals surface area contributed by atoms with E-state index in [0.717, 1.165) is 16.2 Å². The maximum Gasteiger partial charge on any atom is 0.308 e. The molecule has 0 radical (unpaired) electrons. The molecule has 2 aromatic heterocycles. The van der Waals surface area contributed by atoms with Gasteiger partial charge in [0.2, 0.25) is 17.7 Å². The van der Waals surface area contributed by atoms with Gasteiger partial charge in [-0.25, -0.2) is 4.90 Å². The number of halogens is 2. The number of benzene rings is 2. The van der Waals surface area contributed by atoms with Gasteiger partial charge in [-0.3, -0.25) is 23.7 Å². The first kappa shape index (κ1) is 25.4. The lowest BCUT2D eigenvalue weighted by atomic mass is 9.87. The van der Waals surface area contributed by atoms with Crippen LogP contribution in [0, 0.1) is 5.92 Å². The van der Waals surface area contributed by atoms with Crippen LogP contribution in [0.4, 0.5) is 11.4 Å². The van der Waals surface area contributed by atoms with Crippen molar-refractivity contribution in [2.24, 2.45) is 5.92 Å². The van der Waals surface area contributed by atoms with E-state index in [1.165, 1.54) is 32.6 Å². The molecule has 4 heterocycles. The molecule has 38 heavy (non-hydrogen) atoms. The van der Waals surface area contributed by atoms with E-state index >= 15 is 0 Å². The van der Waals surface area contributed by atoms with Crippen molar-refractivity contribution in [3.05, 3.63) is 95.5 Å². The summed E-state index contributed by atoms with van der Waals surface area (Å²) in [5.41, 5.74) is 1.00. The number of aromatic nitrogens is 1. The molecule has 0 spiro atoms. The van der Waals surface area contributed by atoms with Crippen LogP contribution in [0.15, 0.2) is 75.9 Å². The van der Waals surface area contributed by atoms with E-state index < -0.39 is 17.1 Å². The van der Waals surface area contributed by atoms with Crippen molar-refractivity contribution in [2.75, 3.05) is 10.2 Å². The molecular weight excluding hydrogens is 585 g/mol. The maximum atomic E-state index is 13.8. The van der Waals surface area contributed by atoms with Gasteiger partial charge in [-0.05, 0) is 60.0 Å². The van der Waals surface area contributed by atoms with E-state index in [4.69, 9.17) is 23.2 Å². The predicted molar refractivity (Wildman–Crippen MR) is 152 cm³/mol. The van der Waals surface area contributed by atoms with Crippen LogP contribution in [0.25, 0.3) is 0 Å². The Hall–Kier alpha value is -2.89. The Bertz CT molecular complexity index is 1610. The summed E-state index contributed by atoms with van der Waals surface area (Å²) in [5, 5.41) is 5.53. The van der Waals surface area contributed by atoms with Crippen LogP contribution in [0.2, 0.25) is 10.0 Å². The number of carbonyl (C=O) groups is 3. The molecule has 3 amide bonds. The number of imide groups is 1. The highest BCUT2D eigenvalue weighted by atomic mass is 35.5. The van der Waals surface area contributed by atoms with Crippen LogP contribution in [-0.2, 0) is 20.9 Å². The summed E-state index contributed by atoms with van der Waals surface area (Å²) in [7, 11) is 0. The Morgan fingerprint density at radius 3 is 2.26 bits per heavy atom. The molecule has 0 saturated carbocycles. The third-order valence-corrected chi connectivity index (χ3v) is 10.5. The fourth-order valence-electron chi connectivity index (χ4n) is 4.75. The Morgan fingerprint density at radius 2 is 1.61 bits per heavy atom. The van der Waals surface area contributed by atoms with Gasteiger partial charge in [0, 0.05) is 31.4 Å². The zero-order valence-corrected chi connectivity index (χ0v) is 23.3. The van der Waals surface area contributed by atoms with E-state index in [1.54, 1.807) is 48.5 Å². The van der Waals surface area contributed by atoms with Crippen LogP contribution in [0.1, 0.15) is 15.7 Å². The summed E-state index contributed by atoms with van der Waals surface area (Å²) in [6.07, 6.45) is 0. The molecule has 6 rings (SSSR count). The minimum atomic E-state index is -0.739. The lowest BCUT2D eigenvalue weighted by Gasteiger charge is -2.29. The van der Waals surface area contributed by atoms with E-state index in [-0.39, 0.29) is 29.1 Å². The van der Waals surface area contributed by atoms with Crippen molar-refractivity contribution in [1.82, 2.24) is 4.57 Å². The van der Waals surface area contributed by atoms with Crippen molar-refractivity contribution >= 4 is 86.7 Å². The van der Waals surface area contributed by atoms with Crippen molar-refractivity contribution in [3.63, 3.8) is 0 Å². The van der Waals surface area contributed by atoms with Crippen molar-refractivity contribution in [3.8, 4) is 0 Å². The summed E-state index contributed by atoms with van der Waals surface area (Å²) in [5.74, 6) is -2.20. The molecule has 1 N–H and O–H groups in total. The maximum absolute atomic E-state index is 13.8. The molecule has 0 aliphatic carbocycles. The highest BCUT2D eigenvalue weighted by Crippen LogP contribution is 2.54. The number of rotatable bonds is 5. The third kappa shape index (κ3) is 4.40. The number of anilines is 2. The minimum Gasteiger partial charge on any atom is -0.325 e. The number of amides is 3. The number of nitrogens with one attached hydrogen (secondary N) is 1. The number of carbonyl (C=O) groups excluding carboxylic acids is 3. The summed E-state index contributed by atoms with van der Waals surface area (Å²) in [6.45, 7) is -0.224. The molecule has 192 valence electrons. The van der Waals surface area contributed by atoms with Gasteiger partial charge in [0.25, 0.3) is 0 Å². The normalized spacial score (nSPS) is 20.4. The molecule has 2 aliphatic heterocycles. The van der Waals surface area contributed by atoms with Crippen molar-refractivity contribution in [1.29, 1.82) is 0 Å². The molecule has 4 aromatic rings. The number of thioether (sulfide) groups is 1. The zero-order valence-electron chi connectivity index (χ0n) is 19.3. The Balaban J connectivity index is 1.38. The van der Waals surface area contributed by atoms with Crippen LogP contribution >= 0.6 is 57.6 Å². The monoisotopic (exact) mass is 601 g/mol. The van der Waals surface area contributed by atoms with Gasteiger partial charge in [-0.1, -0.05) is 52.4 Å². The molecule has 0 unspecified atom stereocenters. The second kappa shape index (κ2) is 10.0. The quantitative estimate of drug-likeness (QED) is 0.296. The average molecular weight is 603 g/mol. The van der Waals surface area contributed by atoms with Crippen LogP contribution in [0.3, 0.4) is 0 Å². The molecule has 12 heteroatoms. The molecule has 2 aromatic carbocycles. The number of thiophene rings is 1. The molecule has 1 saturated heterocycles. The Morgan fingerprint density at radius 1 is 0.921 bits per heavy atom. The smallest absolute Gasteiger partial charge is 0.308 e. The lowest BCUT2D eigenvalue weighted by molar-refractivity contribution is -0.122. The second-order valence-electron chi connectivity index (χ2n) is 8.72. The summed E-state index contributed by atoms with van der Waals surface area (Å²) in [6, 6.07) is 17.0. The molecule has 7 nitrogen and oxygen atoms in total. The number of nitrogens with zero attached hydrogens (tertiary/aromatic N) is 2. The Labute approximate surface area is 239 Å². The molecule has 0 bridgehead atoms.